The maximum Gasteiger partial charge on any atom is 0.324 e. The Labute approximate surface area is 65.6 Å². The summed E-state index contributed by atoms with van der Waals surface area (Å²) in [7, 11) is 0. The first-order valence-electron chi connectivity index (χ1n) is 3.83. The quantitative estimate of drug-likeness (QED) is 0.516. The highest BCUT2D eigenvalue weighted by molar-refractivity contribution is 5.79. The van der Waals surface area contributed by atoms with Gasteiger partial charge in [-0.3, -0.25) is 4.79 Å². The molecule has 0 bridgehead atoms. The van der Waals surface area contributed by atoms with Crippen molar-refractivity contribution < 1.29 is 9.90 Å². The van der Waals surface area contributed by atoms with Crippen LogP contribution in [0.5, 0.6) is 0 Å². The van der Waals surface area contributed by atoms with Crippen LogP contribution < -0.4 is 11.5 Å². The number of hydrogen-bond donors (Lipinski definition) is 3. The van der Waals surface area contributed by atoms with Crippen molar-refractivity contribution in [2.45, 2.75) is 24.8 Å². The molecular weight excluding hydrogens is 144 g/mol. The van der Waals surface area contributed by atoms with Crippen LogP contribution in [0.1, 0.15) is 19.3 Å². The lowest BCUT2D eigenvalue weighted by atomic mass is 9.91. The van der Waals surface area contributed by atoms with E-state index < -0.39 is 11.5 Å². The van der Waals surface area contributed by atoms with Crippen molar-refractivity contribution in [1.82, 2.24) is 0 Å². The average molecular weight is 158 g/mol. The van der Waals surface area contributed by atoms with Gasteiger partial charge in [0.25, 0.3) is 0 Å². The Morgan fingerprint density at radius 1 is 1.64 bits per heavy atom. The van der Waals surface area contributed by atoms with Crippen LogP contribution in [0.25, 0.3) is 0 Å². The number of carboxylic acids is 1. The molecule has 0 spiro atoms. The Kier molecular flexibility index (Phi) is 2.15. The highest BCUT2D eigenvalue weighted by Gasteiger charge is 2.47. The SMILES string of the molecule is NCCC(N)(C(=O)O)C1CC1. The molecule has 1 atom stereocenters. The normalized spacial score (nSPS) is 22.7. The van der Waals surface area contributed by atoms with Crippen molar-refractivity contribution in [3.63, 3.8) is 0 Å². The van der Waals surface area contributed by atoms with E-state index in [4.69, 9.17) is 16.6 Å². The largest absolute Gasteiger partial charge is 0.480 e. The lowest BCUT2D eigenvalue weighted by Gasteiger charge is -2.23. The monoisotopic (exact) mass is 158 g/mol. The van der Waals surface area contributed by atoms with Gasteiger partial charge in [0.2, 0.25) is 0 Å². The fraction of sp³-hybridized carbons (Fsp3) is 0.857. The topological polar surface area (TPSA) is 89.3 Å². The van der Waals surface area contributed by atoms with Gasteiger partial charge in [-0.2, -0.15) is 0 Å². The Bertz CT molecular complexity index is 168. The van der Waals surface area contributed by atoms with Gasteiger partial charge in [-0.25, -0.2) is 0 Å². The van der Waals surface area contributed by atoms with Crippen LogP contribution in [0, 0.1) is 5.92 Å². The van der Waals surface area contributed by atoms with Crippen LogP contribution in [0.15, 0.2) is 0 Å². The summed E-state index contributed by atoms with van der Waals surface area (Å²) in [5, 5.41) is 8.79. The highest BCUT2D eigenvalue weighted by atomic mass is 16.4. The van der Waals surface area contributed by atoms with Crippen molar-refractivity contribution >= 4 is 5.97 Å². The van der Waals surface area contributed by atoms with Gasteiger partial charge in [-0.05, 0) is 31.7 Å². The van der Waals surface area contributed by atoms with E-state index in [1.54, 1.807) is 0 Å². The van der Waals surface area contributed by atoms with Gasteiger partial charge in [-0.15, -0.1) is 0 Å². The fourth-order valence-electron chi connectivity index (χ4n) is 1.32. The molecule has 64 valence electrons. The van der Waals surface area contributed by atoms with Crippen LogP contribution in [0.3, 0.4) is 0 Å². The van der Waals surface area contributed by atoms with Gasteiger partial charge < -0.3 is 16.6 Å². The Balaban J connectivity index is 2.61. The predicted octanol–water partition coefficient (Wildman–Crippen LogP) is -0.473. The first-order chi connectivity index (χ1) is 5.11. The molecule has 1 unspecified atom stereocenters. The average Bonchev–Trinajstić information content (AvgIpc) is 2.68. The summed E-state index contributed by atoms with van der Waals surface area (Å²) in [4.78, 5) is 10.7. The molecule has 0 amide bonds. The molecule has 4 nitrogen and oxygen atoms in total. The van der Waals surface area contributed by atoms with E-state index in [0.717, 1.165) is 12.8 Å². The number of nitrogens with two attached hydrogens (primary N) is 2. The zero-order valence-corrected chi connectivity index (χ0v) is 6.42. The van der Waals surface area contributed by atoms with E-state index in [2.05, 4.69) is 0 Å². The van der Waals surface area contributed by atoms with Gasteiger partial charge in [0.15, 0.2) is 0 Å². The second kappa shape index (κ2) is 2.79. The zero-order valence-electron chi connectivity index (χ0n) is 6.42. The standard InChI is InChI=1S/C7H14N2O2/c8-4-3-7(9,6(10)11)5-1-2-5/h5H,1-4,8-9H2,(H,10,11). The number of carbonyl (C=O) groups is 1. The van der Waals surface area contributed by atoms with E-state index in [1.165, 1.54) is 0 Å². The van der Waals surface area contributed by atoms with E-state index >= 15 is 0 Å². The van der Waals surface area contributed by atoms with Crippen LogP contribution in [0.4, 0.5) is 0 Å². The second-order valence-corrected chi connectivity index (χ2v) is 3.16. The summed E-state index contributed by atoms with van der Waals surface area (Å²) in [6.07, 6.45) is 2.25. The highest BCUT2D eigenvalue weighted by Crippen LogP contribution is 2.39. The third-order valence-corrected chi connectivity index (χ3v) is 2.26. The number of carboxylic acid groups (broad SMARTS) is 1. The molecule has 4 heteroatoms. The Morgan fingerprint density at radius 3 is 2.45 bits per heavy atom. The molecule has 0 aromatic carbocycles. The van der Waals surface area contributed by atoms with Crippen molar-refractivity contribution in [2.75, 3.05) is 6.54 Å². The minimum atomic E-state index is -1.05. The van der Waals surface area contributed by atoms with E-state index in [0.29, 0.717) is 13.0 Å². The molecule has 1 saturated carbocycles. The number of rotatable bonds is 4. The molecule has 0 heterocycles. The van der Waals surface area contributed by atoms with Crippen LogP contribution in [0.2, 0.25) is 0 Å². The molecular formula is C7H14N2O2. The predicted molar refractivity (Wildman–Crippen MR) is 40.9 cm³/mol. The third kappa shape index (κ3) is 1.52. The molecule has 0 aliphatic heterocycles. The molecule has 1 aliphatic carbocycles. The van der Waals surface area contributed by atoms with Crippen LogP contribution in [-0.2, 0) is 4.79 Å². The van der Waals surface area contributed by atoms with Crippen molar-refractivity contribution in [1.29, 1.82) is 0 Å². The Hall–Kier alpha value is -0.610. The van der Waals surface area contributed by atoms with E-state index in [1.807, 2.05) is 0 Å². The summed E-state index contributed by atoms with van der Waals surface area (Å²) in [6.45, 7) is 0.347. The molecule has 0 aromatic rings. The maximum absolute atomic E-state index is 10.7. The summed E-state index contributed by atoms with van der Waals surface area (Å²) in [6, 6.07) is 0. The molecule has 1 aliphatic rings. The van der Waals surface area contributed by atoms with Gasteiger partial charge in [0.05, 0.1) is 0 Å². The first-order valence-corrected chi connectivity index (χ1v) is 3.83. The molecule has 1 rings (SSSR count). The Morgan fingerprint density at radius 2 is 2.18 bits per heavy atom. The minimum absolute atomic E-state index is 0.156. The van der Waals surface area contributed by atoms with Crippen molar-refractivity contribution in [3.8, 4) is 0 Å². The molecule has 1 fully saturated rings. The minimum Gasteiger partial charge on any atom is -0.480 e. The third-order valence-electron chi connectivity index (χ3n) is 2.26. The van der Waals surface area contributed by atoms with Gasteiger partial charge >= 0.3 is 5.97 Å². The van der Waals surface area contributed by atoms with Crippen molar-refractivity contribution in [2.24, 2.45) is 17.4 Å². The van der Waals surface area contributed by atoms with Gasteiger partial charge in [0.1, 0.15) is 5.54 Å². The van der Waals surface area contributed by atoms with E-state index in [9.17, 15) is 4.79 Å². The summed E-state index contributed by atoms with van der Waals surface area (Å²) < 4.78 is 0. The first kappa shape index (κ1) is 8.49. The molecule has 5 N–H and O–H groups in total. The summed E-state index contributed by atoms with van der Waals surface area (Å²) >= 11 is 0. The summed E-state index contributed by atoms with van der Waals surface area (Å²) in [5.41, 5.74) is 9.90. The lowest BCUT2D eigenvalue weighted by Crippen LogP contribution is -2.51. The van der Waals surface area contributed by atoms with Crippen LogP contribution in [-0.4, -0.2) is 23.2 Å². The fourth-order valence-corrected chi connectivity index (χ4v) is 1.32. The molecule has 0 aromatic heterocycles. The van der Waals surface area contributed by atoms with Crippen LogP contribution >= 0.6 is 0 Å². The molecule has 0 saturated heterocycles. The molecule has 11 heavy (non-hydrogen) atoms. The summed E-state index contributed by atoms with van der Waals surface area (Å²) in [5.74, 6) is -0.756. The van der Waals surface area contributed by atoms with Gasteiger partial charge in [0, 0.05) is 0 Å². The smallest absolute Gasteiger partial charge is 0.324 e. The van der Waals surface area contributed by atoms with Gasteiger partial charge in [-0.1, -0.05) is 0 Å². The number of hydrogen-bond acceptors (Lipinski definition) is 3. The van der Waals surface area contributed by atoms with Crippen molar-refractivity contribution in [3.05, 3.63) is 0 Å². The van der Waals surface area contributed by atoms with E-state index in [-0.39, 0.29) is 5.92 Å². The maximum atomic E-state index is 10.7. The lowest BCUT2D eigenvalue weighted by molar-refractivity contribution is -0.144. The number of aliphatic carboxylic acids is 1. The molecule has 0 radical (unpaired) electrons. The second-order valence-electron chi connectivity index (χ2n) is 3.16. The zero-order chi connectivity index (χ0) is 8.48.